The zero-order chi connectivity index (χ0) is 9.35. The molecule has 2 unspecified atom stereocenters. The van der Waals surface area contributed by atoms with Crippen molar-refractivity contribution in [3.63, 3.8) is 0 Å². The third kappa shape index (κ3) is 1.56. The first-order valence-electron chi connectivity index (χ1n) is 3.43. The van der Waals surface area contributed by atoms with E-state index in [0.29, 0.717) is 0 Å². The second-order valence-corrected chi connectivity index (χ2v) is 4.55. The van der Waals surface area contributed by atoms with E-state index in [4.69, 9.17) is 5.73 Å². The molecule has 0 fully saturated rings. The number of allylic oxidation sites excluding steroid dienone is 2. The number of halogens is 1. The second kappa shape index (κ2) is 2.99. The predicted molar refractivity (Wildman–Crippen MR) is 49.5 cm³/mol. The Kier molecular flexibility index (Phi) is 2.34. The van der Waals surface area contributed by atoms with Gasteiger partial charge in [-0.1, -0.05) is 28.1 Å². The maximum Gasteiger partial charge on any atom is 0.264 e. The fourth-order valence-electron chi connectivity index (χ4n) is 1.01. The summed E-state index contributed by atoms with van der Waals surface area (Å²) in [6.07, 6.45) is 4.86. The van der Waals surface area contributed by atoms with Crippen LogP contribution in [-0.2, 0) is 0 Å². The minimum absolute atomic E-state index is 0.0388. The number of hydrogen-bond donors (Lipinski definition) is 1. The Bertz CT molecular complexity index is 271. The van der Waals surface area contributed by atoms with E-state index in [-0.39, 0.29) is 5.70 Å². The van der Waals surface area contributed by atoms with Gasteiger partial charge in [-0.25, -0.2) is 0 Å². The summed E-state index contributed by atoms with van der Waals surface area (Å²) in [4.78, 5) is 10.0. The fourth-order valence-corrected chi connectivity index (χ4v) is 1.39. The average molecular weight is 233 g/mol. The van der Waals surface area contributed by atoms with Gasteiger partial charge in [-0.2, -0.15) is 0 Å². The molecule has 1 aliphatic rings. The summed E-state index contributed by atoms with van der Waals surface area (Å²) in [5.74, 6) is 0. The van der Waals surface area contributed by atoms with Crippen molar-refractivity contribution in [3.8, 4) is 0 Å². The second-order valence-electron chi connectivity index (χ2n) is 2.84. The molecule has 1 aliphatic carbocycles. The summed E-state index contributed by atoms with van der Waals surface area (Å²) in [7, 11) is 0. The molecule has 0 radical (unpaired) electrons. The monoisotopic (exact) mass is 232 g/mol. The van der Waals surface area contributed by atoms with Crippen LogP contribution in [0, 0.1) is 10.1 Å². The molecule has 0 heterocycles. The number of alkyl halides is 1. The topological polar surface area (TPSA) is 69.2 Å². The van der Waals surface area contributed by atoms with Gasteiger partial charge in [0.25, 0.3) is 5.70 Å². The molecule has 0 amide bonds. The van der Waals surface area contributed by atoms with Gasteiger partial charge < -0.3 is 5.73 Å². The van der Waals surface area contributed by atoms with Gasteiger partial charge in [0.05, 0.1) is 9.25 Å². The summed E-state index contributed by atoms with van der Waals surface area (Å²) in [5.41, 5.74) is 5.69. The molecule has 0 saturated carbocycles. The molecule has 0 saturated heterocycles. The van der Waals surface area contributed by atoms with Crippen LogP contribution in [0.3, 0.4) is 0 Å². The van der Waals surface area contributed by atoms with Crippen molar-refractivity contribution in [1.82, 2.24) is 0 Å². The van der Waals surface area contributed by atoms with Crippen molar-refractivity contribution in [2.24, 2.45) is 5.73 Å². The first kappa shape index (κ1) is 9.41. The number of nitro groups is 1. The molecule has 66 valence electrons. The maximum atomic E-state index is 10.5. The zero-order valence-corrected chi connectivity index (χ0v) is 8.11. The number of nitrogens with two attached hydrogens (primary N) is 1. The van der Waals surface area contributed by atoms with E-state index in [2.05, 4.69) is 15.9 Å². The van der Waals surface area contributed by atoms with Gasteiger partial charge in [0.15, 0.2) is 0 Å². The Balaban J connectivity index is 2.99. The molecule has 0 aromatic rings. The van der Waals surface area contributed by atoms with Crippen LogP contribution in [0.5, 0.6) is 0 Å². The standard InChI is InChI=1S/C7H9BrN2O2/c1-7(8)4-2-3-5(6(7)9)10(11)12/h2-4,6H,9H2,1H3. The van der Waals surface area contributed by atoms with E-state index in [1.165, 1.54) is 6.08 Å². The highest BCUT2D eigenvalue weighted by Crippen LogP contribution is 2.29. The van der Waals surface area contributed by atoms with Crippen molar-refractivity contribution in [1.29, 1.82) is 0 Å². The smallest absolute Gasteiger partial charge is 0.264 e. The Morgan fingerprint density at radius 2 is 2.42 bits per heavy atom. The molecule has 2 atom stereocenters. The molecular formula is C7H9BrN2O2. The molecule has 0 aromatic heterocycles. The van der Waals surface area contributed by atoms with Crippen LogP contribution < -0.4 is 5.73 Å². The van der Waals surface area contributed by atoms with Gasteiger partial charge in [-0.3, -0.25) is 10.1 Å². The van der Waals surface area contributed by atoms with Crippen LogP contribution in [-0.4, -0.2) is 15.3 Å². The van der Waals surface area contributed by atoms with Crippen LogP contribution in [0.2, 0.25) is 0 Å². The summed E-state index contributed by atoms with van der Waals surface area (Å²) >= 11 is 3.31. The Morgan fingerprint density at radius 3 is 2.83 bits per heavy atom. The van der Waals surface area contributed by atoms with Gasteiger partial charge in [-0.15, -0.1) is 0 Å². The molecule has 0 aromatic carbocycles. The zero-order valence-electron chi connectivity index (χ0n) is 6.53. The Labute approximate surface area is 78.4 Å². The highest BCUT2D eigenvalue weighted by Gasteiger charge is 2.37. The van der Waals surface area contributed by atoms with Crippen molar-refractivity contribution < 1.29 is 4.92 Å². The van der Waals surface area contributed by atoms with Crippen molar-refractivity contribution >= 4 is 15.9 Å². The van der Waals surface area contributed by atoms with Crippen LogP contribution in [0.1, 0.15) is 6.92 Å². The minimum atomic E-state index is -0.600. The molecule has 2 N–H and O–H groups in total. The molecule has 12 heavy (non-hydrogen) atoms. The van der Waals surface area contributed by atoms with Gasteiger partial charge in [0, 0.05) is 6.08 Å². The third-order valence-electron chi connectivity index (χ3n) is 1.83. The molecule has 0 spiro atoms. The van der Waals surface area contributed by atoms with Crippen LogP contribution >= 0.6 is 15.9 Å². The van der Waals surface area contributed by atoms with Gasteiger partial charge in [0.1, 0.15) is 6.04 Å². The van der Waals surface area contributed by atoms with Crippen molar-refractivity contribution in [2.75, 3.05) is 0 Å². The SMILES string of the molecule is CC1(Br)C=CC=C([N+](=O)[O-])C1N. The summed E-state index contributed by atoms with van der Waals surface area (Å²) in [5, 5.41) is 10.5. The first-order valence-corrected chi connectivity index (χ1v) is 4.23. The van der Waals surface area contributed by atoms with E-state index in [0.717, 1.165) is 0 Å². The van der Waals surface area contributed by atoms with Gasteiger partial charge >= 0.3 is 0 Å². The highest BCUT2D eigenvalue weighted by atomic mass is 79.9. The maximum absolute atomic E-state index is 10.5. The van der Waals surface area contributed by atoms with E-state index >= 15 is 0 Å². The van der Waals surface area contributed by atoms with E-state index < -0.39 is 15.3 Å². The lowest BCUT2D eigenvalue weighted by Gasteiger charge is -2.25. The van der Waals surface area contributed by atoms with Gasteiger partial charge in [-0.05, 0) is 6.92 Å². The molecule has 4 nitrogen and oxygen atoms in total. The lowest BCUT2D eigenvalue weighted by atomic mass is 9.95. The summed E-state index contributed by atoms with van der Waals surface area (Å²) in [6.45, 7) is 1.80. The minimum Gasteiger partial charge on any atom is -0.317 e. The normalized spacial score (nSPS) is 34.6. The highest BCUT2D eigenvalue weighted by molar-refractivity contribution is 9.10. The van der Waals surface area contributed by atoms with E-state index in [1.807, 2.05) is 0 Å². The fraction of sp³-hybridized carbons (Fsp3) is 0.429. The average Bonchev–Trinajstić information content (AvgIpc) is 1.94. The Hall–Kier alpha value is -0.680. The summed E-state index contributed by atoms with van der Waals surface area (Å²) < 4.78 is -0.510. The molecule has 0 aliphatic heterocycles. The number of nitrogens with zero attached hydrogens (tertiary/aromatic N) is 1. The van der Waals surface area contributed by atoms with Gasteiger partial charge in [0.2, 0.25) is 0 Å². The molecule has 0 bridgehead atoms. The van der Waals surface area contributed by atoms with Crippen molar-refractivity contribution in [3.05, 3.63) is 34.0 Å². The number of rotatable bonds is 1. The molecular weight excluding hydrogens is 224 g/mol. The number of hydrogen-bond acceptors (Lipinski definition) is 3. The van der Waals surface area contributed by atoms with E-state index in [1.54, 1.807) is 19.1 Å². The summed E-state index contributed by atoms with van der Waals surface area (Å²) in [6, 6.07) is -0.600. The quantitative estimate of drug-likeness (QED) is 0.420. The predicted octanol–water partition coefficient (Wildman–Crippen LogP) is 1.20. The third-order valence-corrected chi connectivity index (χ3v) is 2.58. The largest absolute Gasteiger partial charge is 0.317 e. The van der Waals surface area contributed by atoms with Crippen LogP contribution in [0.25, 0.3) is 0 Å². The van der Waals surface area contributed by atoms with Crippen molar-refractivity contribution in [2.45, 2.75) is 17.3 Å². The van der Waals surface area contributed by atoms with Crippen LogP contribution in [0.15, 0.2) is 23.9 Å². The first-order chi connectivity index (χ1) is 5.45. The van der Waals surface area contributed by atoms with E-state index in [9.17, 15) is 10.1 Å². The molecule has 5 heteroatoms. The Morgan fingerprint density at radius 1 is 1.83 bits per heavy atom. The molecule has 1 rings (SSSR count). The lowest BCUT2D eigenvalue weighted by molar-refractivity contribution is -0.430. The lowest BCUT2D eigenvalue weighted by Crippen LogP contribution is -2.44. The van der Waals surface area contributed by atoms with Crippen LogP contribution in [0.4, 0.5) is 0 Å².